The molecule has 3 heterocycles. The van der Waals surface area contributed by atoms with E-state index in [-0.39, 0.29) is 5.69 Å². The summed E-state index contributed by atoms with van der Waals surface area (Å²) in [5.74, 6) is 1.19. The molecule has 0 aliphatic heterocycles. The number of carbonyl (C=O) groups is 1. The van der Waals surface area contributed by atoms with Crippen molar-refractivity contribution in [1.82, 2.24) is 24.7 Å². The van der Waals surface area contributed by atoms with Crippen LogP contribution in [0.4, 0.5) is 17.5 Å². The van der Waals surface area contributed by atoms with Crippen molar-refractivity contribution < 1.29 is 9.90 Å². The third-order valence-corrected chi connectivity index (χ3v) is 3.33. The Balaban J connectivity index is 1.97. The number of carboxylic acid groups (broad SMARTS) is 1. The van der Waals surface area contributed by atoms with Crippen LogP contribution in [0.5, 0.6) is 0 Å². The average molecular weight is 325 g/mol. The van der Waals surface area contributed by atoms with Crippen molar-refractivity contribution >= 4 is 23.4 Å². The molecule has 0 amide bonds. The molecule has 0 aromatic carbocycles. The molecular formula is C15H15N7O2. The van der Waals surface area contributed by atoms with Crippen molar-refractivity contribution in [2.75, 3.05) is 17.7 Å². The van der Waals surface area contributed by atoms with Gasteiger partial charge in [0.05, 0.1) is 6.20 Å². The molecule has 0 saturated heterocycles. The Labute approximate surface area is 137 Å². The highest BCUT2D eigenvalue weighted by Crippen LogP contribution is 2.21. The fourth-order valence-corrected chi connectivity index (χ4v) is 2.08. The van der Waals surface area contributed by atoms with E-state index in [0.29, 0.717) is 23.3 Å². The highest BCUT2D eigenvalue weighted by molar-refractivity contribution is 5.86. The predicted octanol–water partition coefficient (Wildman–Crippen LogP) is 1.85. The number of pyridine rings is 1. The number of nitrogens with one attached hydrogen (secondary N) is 2. The second-order valence-electron chi connectivity index (χ2n) is 4.93. The Bertz CT molecular complexity index is 891. The first kappa shape index (κ1) is 15.4. The average Bonchev–Trinajstić information content (AvgIpc) is 3.05. The van der Waals surface area contributed by atoms with Crippen LogP contribution in [-0.2, 0) is 0 Å². The van der Waals surface area contributed by atoms with Crippen molar-refractivity contribution in [2.45, 2.75) is 6.92 Å². The molecule has 0 saturated carbocycles. The smallest absolute Gasteiger partial charge is 0.354 e. The molecule has 0 atom stereocenters. The molecule has 9 heteroatoms. The summed E-state index contributed by atoms with van der Waals surface area (Å²) in [6, 6.07) is 6.65. The molecule has 0 fully saturated rings. The van der Waals surface area contributed by atoms with E-state index >= 15 is 0 Å². The summed E-state index contributed by atoms with van der Waals surface area (Å²) in [4.78, 5) is 23.5. The summed E-state index contributed by atoms with van der Waals surface area (Å²) in [5.41, 5.74) is 0.778. The van der Waals surface area contributed by atoms with Crippen molar-refractivity contribution in [3.05, 3.63) is 48.0 Å². The monoisotopic (exact) mass is 325 g/mol. The number of aromatic carboxylic acids is 1. The lowest BCUT2D eigenvalue weighted by molar-refractivity contribution is 0.0690. The Hall–Kier alpha value is -3.49. The van der Waals surface area contributed by atoms with Crippen LogP contribution < -0.4 is 10.6 Å². The van der Waals surface area contributed by atoms with Gasteiger partial charge in [0.25, 0.3) is 0 Å². The minimum atomic E-state index is -1.08. The SMILES string of the molecule is CNc1cc(-n2nccc2Nc2nc(C(=O)O)ccc2C)ncn1. The van der Waals surface area contributed by atoms with E-state index in [1.165, 1.54) is 12.4 Å². The van der Waals surface area contributed by atoms with Crippen molar-refractivity contribution in [3.8, 4) is 5.82 Å². The molecule has 0 spiro atoms. The van der Waals surface area contributed by atoms with Crippen LogP contribution in [0.1, 0.15) is 16.1 Å². The molecule has 24 heavy (non-hydrogen) atoms. The molecule has 3 aromatic rings. The summed E-state index contributed by atoms with van der Waals surface area (Å²) in [6.07, 6.45) is 3.04. The van der Waals surface area contributed by atoms with Crippen molar-refractivity contribution in [3.63, 3.8) is 0 Å². The molecule has 0 bridgehead atoms. The minimum Gasteiger partial charge on any atom is -0.477 e. The van der Waals surface area contributed by atoms with Gasteiger partial charge < -0.3 is 15.7 Å². The summed E-state index contributed by atoms with van der Waals surface area (Å²) in [5, 5.41) is 19.4. The van der Waals surface area contributed by atoms with Crippen LogP contribution in [0.25, 0.3) is 5.82 Å². The number of rotatable bonds is 5. The molecule has 0 unspecified atom stereocenters. The molecule has 3 aromatic heterocycles. The van der Waals surface area contributed by atoms with Gasteiger partial charge in [0.2, 0.25) is 0 Å². The zero-order chi connectivity index (χ0) is 17.1. The third-order valence-electron chi connectivity index (χ3n) is 3.33. The van der Waals surface area contributed by atoms with Gasteiger partial charge in [-0.1, -0.05) is 6.07 Å². The third kappa shape index (κ3) is 3.00. The summed E-state index contributed by atoms with van der Waals surface area (Å²) >= 11 is 0. The van der Waals surface area contributed by atoms with E-state index in [2.05, 4.69) is 30.7 Å². The molecule has 9 nitrogen and oxygen atoms in total. The van der Waals surface area contributed by atoms with E-state index in [0.717, 1.165) is 5.56 Å². The van der Waals surface area contributed by atoms with E-state index < -0.39 is 5.97 Å². The van der Waals surface area contributed by atoms with Crippen LogP contribution in [0.15, 0.2) is 36.8 Å². The van der Waals surface area contributed by atoms with Crippen LogP contribution >= 0.6 is 0 Å². The lowest BCUT2D eigenvalue weighted by Crippen LogP contribution is -2.09. The maximum atomic E-state index is 11.1. The van der Waals surface area contributed by atoms with E-state index in [9.17, 15) is 4.79 Å². The Kier molecular flexibility index (Phi) is 4.06. The quantitative estimate of drug-likeness (QED) is 0.650. The van der Waals surface area contributed by atoms with Gasteiger partial charge in [-0.2, -0.15) is 9.78 Å². The Morgan fingerprint density at radius 1 is 1.25 bits per heavy atom. The number of carboxylic acids is 1. The minimum absolute atomic E-state index is 0.0336. The highest BCUT2D eigenvalue weighted by Gasteiger charge is 2.12. The number of hydrogen-bond acceptors (Lipinski definition) is 7. The summed E-state index contributed by atoms with van der Waals surface area (Å²) in [7, 11) is 1.76. The zero-order valence-corrected chi connectivity index (χ0v) is 13.1. The normalized spacial score (nSPS) is 10.4. The number of hydrogen-bond donors (Lipinski definition) is 3. The first-order valence-electron chi connectivity index (χ1n) is 7.10. The van der Waals surface area contributed by atoms with Gasteiger partial charge in [-0.05, 0) is 18.6 Å². The summed E-state index contributed by atoms with van der Waals surface area (Å²) in [6.45, 7) is 1.84. The molecular weight excluding hydrogens is 310 g/mol. The Morgan fingerprint density at radius 2 is 2.08 bits per heavy atom. The highest BCUT2D eigenvalue weighted by atomic mass is 16.4. The predicted molar refractivity (Wildman–Crippen MR) is 87.9 cm³/mol. The van der Waals surface area contributed by atoms with Gasteiger partial charge in [0.1, 0.15) is 23.8 Å². The lowest BCUT2D eigenvalue weighted by atomic mass is 10.2. The topological polar surface area (TPSA) is 118 Å². The van der Waals surface area contributed by atoms with Gasteiger partial charge in [0.15, 0.2) is 11.5 Å². The first-order chi connectivity index (χ1) is 11.6. The maximum Gasteiger partial charge on any atom is 0.354 e. The van der Waals surface area contributed by atoms with Crippen LogP contribution in [0.2, 0.25) is 0 Å². The van der Waals surface area contributed by atoms with E-state index in [1.807, 2.05) is 6.92 Å². The molecule has 0 aliphatic rings. The number of anilines is 3. The van der Waals surface area contributed by atoms with Crippen molar-refractivity contribution in [1.29, 1.82) is 0 Å². The van der Waals surface area contributed by atoms with Gasteiger partial charge in [-0.15, -0.1) is 0 Å². The molecule has 3 N–H and O–H groups in total. The molecule has 3 rings (SSSR count). The molecule has 0 aliphatic carbocycles. The maximum absolute atomic E-state index is 11.1. The summed E-state index contributed by atoms with van der Waals surface area (Å²) < 4.78 is 1.58. The lowest BCUT2D eigenvalue weighted by Gasteiger charge is -2.11. The van der Waals surface area contributed by atoms with Crippen LogP contribution in [0, 0.1) is 6.92 Å². The van der Waals surface area contributed by atoms with Gasteiger partial charge in [-0.25, -0.2) is 19.7 Å². The molecule has 0 radical (unpaired) electrons. The fraction of sp³-hybridized carbons (Fsp3) is 0.133. The second-order valence-corrected chi connectivity index (χ2v) is 4.93. The first-order valence-corrected chi connectivity index (χ1v) is 7.10. The standard InChI is InChI=1S/C15H15N7O2/c1-9-3-4-10(15(23)24)20-14(9)21-12-5-6-19-22(12)13-7-11(16-2)17-8-18-13/h3-8H,1-2H3,(H,20,21)(H,23,24)(H,16,17,18). The van der Waals surface area contributed by atoms with Gasteiger partial charge in [0, 0.05) is 19.2 Å². The van der Waals surface area contributed by atoms with E-state index in [1.54, 1.807) is 36.1 Å². The van der Waals surface area contributed by atoms with E-state index in [4.69, 9.17) is 5.11 Å². The largest absolute Gasteiger partial charge is 0.477 e. The zero-order valence-electron chi connectivity index (χ0n) is 13.1. The number of aryl methyl sites for hydroxylation is 1. The fourth-order valence-electron chi connectivity index (χ4n) is 2.08. The second kappa shape index (κ2) is 6.32. The Morgan fingerprint density at radius 3 is 2.83 bits per heavy atom. The van der Waals surface area contributed by atoms with Gasteiger partial charge in [-0.3, -0.25) is 0 Å². The van der Waals surface area contributed by atoms with Crippen molar-refractivity contribution in [2.24, 2.45) is 0 Å². The number of aromatic nitrogens is 5. The van der Waals surface area contributed by atoms with Crippen LogP contribution in [0.3, 0.4) is 0 Å². The van der Waals surface area contributed by atoms with Crippen LogP contribution in [-0.4, -0.2) is 42.9 Å². The van der Waals surface area contributed by atoms with Gasteiger partial charge >= 0.3 is 5.97 Å². The number of nitrogens with zero attached hydrogens (tertiary/aromatic N) is 5. The molecule has 122 valence electrons.